The summed E-state index contributed by atoms with van der Waals surface area (Å²) in [6.45, 7) is 1.95. The van der Waals surface area contributed by atoms with Crippen molar-refractivity contribution in [3.63, 3.8) is 0 Å². The maximum atomic E-state index is 12.9. The molecular formula is C23H22N4O3S2. The molecule has 0 spiro atoms. The molecule has 0 fully saturated rings. The molecule has 0 aliphatic carbocycles. The Morgan fingerprint density at radius 1 is 1.09 bits per heavy atom. The number of rotatable bonds is 6. The third kappa shape index (κ3) is 4.79. The number of nitrogens with zero attached hydrogens (tertiary/aromatic N) is 2. The number of carbonyl (C=O) groups excluding carboxylic acids is 2. The molecule has 7 nitrogen and oxygen atoms in total. The molecule has 4 aromatic rings. The van der Waals surface area contributed by atoms with Crippen molar-refractivity contribution in [3.8, 4) is 0 Å². The van der Waals surface area contributed by atoms with E-state index in [0.717, 1.165) is 26.7 Å². The Morgan fingerprint density at radius 3 is 2.62 bits per heavy atom. The second kappa shape index (κ2) is 9.46. The maximum Gasteiger partial charge on any atom is 0.305 e. The van der Waals surface area contributed by atoms with Crippen molar-refractivity contribution >= 4 is 51.6 Å². The molecule has 4 rings (SSSR count). The Bertz CT molecular complexity index is 1280. The standard InChI is InChI=1S/C23H22N4O3S2/c1-14-12-31-23(24-14)32-13-18-17-9-4-5-10-19(17)30-20(18)22(29)26-25-21(28)15-7-6-8-16(11-15)27(2)3/h4-12H,13H2,1-3H3,(H,25,28)(H,26,29). The molecule has 0 aliphatic heterocycles. The molecule has 0 radical (unpaired) electrons. The van der Waals surface area contributed by atoms with E-state index in [1.165, 1.54) is 0 Å². The van der Waals surface area contributed by atoms with Crippen LogP contribution in [0, 0.1) is 6.92 Å². The number of nitrogens with one attached hydrogen (secondary N) is 2. The predicted molar refractivity (Wildman–Crippen MR) is 128 cm³/mol. The van der Waals surface area contributed by atoms with Gasteiger partial charge in [-0.2, -0.15) is 0 Å². The number of hydrazine groups is 1. The minimum atomic E-state index is -0.510. The van der Waals surface area contributed by atoms with Crippen molar-refractivity contribution in [1.29, 1.82) is 0 Å². The van der Waals surface area contributed by atoms with Gasteiger partial charge in [0.25, 0.3) is 5.91 Å². The molecule has 9 heteroatoms. The van der Waals surface area contributed by atoms with Gasteiger partial charge >= 0.3 is 5.91 Å². The third-order valence-corrected chi connectivity index (χ3v) is 6.92. The van der Waals surface area contributed by atoms with E-state index in [9.17, 15) is 9.59 Å². The topological polar surface area (TPSA) is 87.5 Å². The monoisotopic (exact) mass is 466 g/mol. The van der Waals surface area contributed by atoms with Crippen LogP contribution in [0.15, 0.2) is 62.7 Å². The number of thioether (sulfide) groups is 1. The first-order valence-electron chi connectivity index (χ1n) is 9.86. The molecule has 0 saturated heterocycles. The summed E-state index contributed by atoms with van der Waals surface area (Å²) >= 11 is 3.11. The molecule has 32 heavy (non-hydrogen) atoms. The number of hydrogen-bond donors (Lipinski definition) is 2. The molecule has 0 bridgehead atoms. The van der Waals surface area contributed by atoms with Crippen LogP contribution in [0.5, 0.6) is 0 Å². The van der Waals surface area contributed by atoms with Gasteiger partial charge in [0.2, 0.25) is 0 Å². The van der Waals surface area contributed by atoms with E-state index >= 15 is 0 Å². The van der Waals surface area contributed by atoms with Crippen LogP contribution >= 0.6 is 23.1 Å². The highest BCUT2D eigenvalue weighted by molar-refractivity contribution is 8.00. The number of hydrogen-bond acceptors (Lipinski definition) is 7. The van der Waals surface area contributed by atoms with Crippen molar-refractivity contribution in [2.24, 2.45) is 0 Å². The van der Waals surface area contributed by atoms with Gasteiger partial charge in [-0.25, -0.2) is 4.98 Å². The second-order valence-corrected chi connectivity index (χ2v) is 9.38. The highest BCUT2D eigenvalue weighted by Crippen LogP contribution is 2.33. The second-order valence-electron chi connectivity index (χ2n) is 7.30. The minimum Gasteiger partial charge on any atom is -0.451 e. The van der Waals surface area contributed by atoms with Gasteiger partial charge in [0.1, 0.15) is 9.92 Å². The van der Waals surface area contributed by atoms with E-state index in [-0.39, 0.29) is 5.76 Å². The number of fused-ring (bicyclic) bond motifs is 1. The molecule has 2 heterocycles. The Hall–Kier alpha value is -3.30. The number of aromatic nitrogens is 1. The van der Waals surface area contributed by atoms with Gasteiger partial charge in [0.15, 0.2) is 5.76 Å². The van der Waals surface area contributed by atoms with E-state index in [4.69, 9.17) is 4.42 Å². The average molecular weight is 467 g/mol. The Labute approximate surface area is 193 Å². The molecule has 0 atom stereocenters. The molecule has 2 aromatic carbocycles. The van der Waals surface area contributed by atoms with Gasteiger partial charge in [-0.3, -0.25) is 20.4 Å². The molecule has 2 aromatic heterocycles. The lowest BCUT2D eigenvalue weighted by atomic mass is 10.1. The van der Waals surface area contributed by atoms with Crippen molar-refractivity contribution in [2.75, 3.05) is 19.0 Å². The number of benzene rings is 2. The van der Waals surface area contributed by atoms with Crippen molar-refractivity contribution in [3.05, 3.63) is 76.5 Å². The van der Waals surface area contributed by atoms with E-state index in [0.29, 0.717) is 16.9 Å². The first-order valence-corrected chi connectivity index (χ1v) is 11.7. The van der Waals surface area contributed by atoms with Gasteiger partial charge in [-0.15, -0.1) is 11.3 Å². The fourth-order valence-corrected chi connectivity index (χ4v) is 5.00. The lowest BCUT2D eigenvalue weighted by Gasteiger charge is -2.13. The van der Waals surface area contributed by atoms with Gasteiger partial charge in [0, 0.05) is 53.1 Å². The Morgan fingerprint density at radius 2 is 1.88 bits per heavy atom. The Kier molecular flexibility index (Phi) is 6.48. The van der Waals surface area contributed by atoms with Gasteiger partial charge in [-0.1, -0.05) is 36.0 Å². The summed E-state index contributed by atoms with van der Waals surface area (Å²) in [4.78, 5) is 31.8. The van der Waals surface area contributed by atoms with Crippen LogP contribution in [-0.2, 0) is 5.75 Å². The SMILES string of the molecule is Cc1csc(SCc2c(C(=O)NNC(=O)c3cccc(N(C)C)c3)oc3ccccc23)n1. The van der Waals surface area contributed by atoms with E-state index < -0.39 is 11.8 Å². The number of para-hydroxylation sites is 1. The molecule has 0 aliphatic rings. The number of thiazole rings is 1. The summed E-state index contributed by atoms with van der Waals surface area (Å²) in [6.07, 6.45) is 0. The molecular weight excluding hydrogens is 444 g/mol. The summed E-state index contributed by atoms with van der Waals surface area (Å²) in [5.41, 5.74) is 8.64. The van der Waals surface area contributed by atoms with Crippen molar-refractivity contribution < 1.29 is 14.0 Å². The highest BCUT2D eigenvalue weighted by Gasteiger charge is 2.21. The van der Waals surface area contributed by atoms with Crippen LogP contribution in [-0.4, -0.2) is 30.9 Å². The van der Waals surface area contributed by atoms with E-state index in [1.54, 1.807) is 41.3 Å². The van der Waals surface area contributed by atoms with Crippen LogP contribution in [0.25, 0.3) is 11.0 Å². The highest BCUT2D eigenvalue weighted by atomic mass is 32.2. The van der Waals surface area contributed by atoms with Crippen LogP contribution < -0.4 is 15.8 Å². The zero-order valence-corrected chi connectivity index (χ0v) is 19.5. The van der Waals surface area contributed by atoms with E-state index in [2.05, 4.69) is 15.8 Å². The number of carbonyl (C=O) groups is 2. The quantitative estimate of drug-likeness (QED) is 0.318. The summed E-state index contributed by atoms with van der Waals surface area (Å²) < 4.78 is 6.77. The largest absolute Gasteiger partial charge is 0.451 e. The maximum absolute atomic E-state index is 12.9. The van der Waals surface area contributed by atoms with Crippen molar-refractivity contribution in [1.82, 2.24) is 15.8 Å². The summed E-state index contributed by atoms with van der Waals surface area (Å²) in [7, 11) is 3.79. The smallest absolute Gasteiger partial charge is 0.305 e. The molecule has 0 unspecified atom stereocenters. The van der Waals surface area contributed by atoms with Crippen LogP contribution in [0.2, 0.25) is 0 Å². The Balaban J connectivity index is 1.51. The fourth-order valence-electron chi connectivity index (χ4n) is 3.13. The first-order chi connectivity index (χ1) is 15.4. The van der Waals surface area contributed by atoms with Gasteiger partial charge in [0.05, 0.1) is 0 Å². The van der Waals surface area contributed by atoms with Crippen LogP contribution in [0.1, 0.15) is 32.2 Å². The van der Waals surface area contributed by atoms with Crippen LogP contribution in [0.3, 0.4) is 0 Å². The lowest BCUT2D eigenvalue weighted by molar-refractivity contribution is 0.0831. The lowest BCUT2D eigenvalue weighted by Crippen LogP contribution is -2.41. The summed E-state index contributed by atoms with van der Waals surface area (Å²) in [5, 5.41) is 2.85. The zero-order valence-electron chi connectivity index (χ0n) is 17.8. The number of furan rings is 1. The zero-order chi connectivity index (χ0) is 22.7. The van der Waals surface area contributed by atoms with Gasteiger partial charge in [-0.05, 0) is 31.2 Å². The summed E-state index contributed by atoms with van der Waals surface area (Å²) in [6, 6.07) is 14.6. The number of amides is 2. The normalized spacial score (nSPS) is 10.8. The summed E-state index contributed by atoms with van der Waals surface area (Å²) in [5.74, 6) is -0.225. The van der Waals surface area contributed by atoms with Gasteiger partial charge < -0.3 is 9.32 Å². The fraction of sp³-hybridized carbons (Fsp3) is 0.174. The molecule has 164 valence electrons. The first kappa shape index (κ1) is 21.9. The van der Waals surface area contributed by atoms with Crippen molar-refractivity contribution in [2.45, 2.75) is 17.0 Å². The number of aryl methyl sites for hydroxylation is 1. The number of anilines is 1. The molecule has 0 saturated carbocycles. The predicted octanol–water partition coefficient (Wildman–Crippen LogP) is 4.63. The minimum absolute atomic E-state index is 0.175. The molecule has 2 N–H and O–H groups in total. The van der Waals surface area contributed by atoms with Crippen LogP contribution in [0.4, 0.5) is 5.69 Å². The molecule has 2 amide bonds. The average Bonchev–Trinajstić information content (AvgIpc) is 3.38. The van der Waals surface area contributed by atoms with E-state index in [1.807, 2.05) is 61.6 Å². The third-order valence-electron chi connectivity index (χ3n) is 4.76.